The molecule has 0 aromatic heterocycles. The minimum atomic E-state index is -0.760. The Bertz CT molecular complexity index is 568. The van der Waals surface area contributed by atoms with E-state index in [2.05, 4.69) is 10.6 Å². The number of urea groups is 1. The van der Waals surface area contributed by atoms with Crippen molar-refractivity contribution in [3.05, 3.63) is 0 Å². The second-order valence-electron chi connectivity index (χ2n) is 9.09. The van der Waals surface area contributed by atoms with Crippen LogP contribution in [0.3, 0.4) is 0 Å². The van der Waals surface area contributed by atoms with Gasteiger partial charge in [-0.05, 0) is 82.2 Å². The number of piperidine rings is 1. The molecular weight excluding hydrogens is 370 g/mol. The van der Waals surface area contributed by atoms with Crippen LogP contribution in [0.25, 0.3) is 0 Å². The lowest BCUT2D eigenvalue weighted by atomic mass is 9.53. The normalized spacial score (nSPS) is 35.3. The number of likely N-dealkylation sites (tertiary alicyclic amines) is 1. The standard InChI is InChI=1S/C19H29N3O4.ClH/c23-16(11-22-3-1-15(2-4-22)17(24)25)20-18(26)21-19-8-12-5-13(9-19)7-14(6-12)10-19;/h12-15H,1-11H2,(H,24,25)(H2,20,21,23,26);1H. The molecule has 0 atom stereocenters. The number of carbonyl (C=O) groups excluding carboxylic acids is 2. The highest BCUT2D eigenvalue weighted by Crippen LogP contribution is 2.55. The summed E-state index contributed by atoms with van der Waals surface area (Å²) in [5.41, 5.74) is -0.0983. The van der Waals surface area contributed by atoms with Crippen molar-refractivity contribution < 1.29 is 19.5 Å². The Kier molecular flexibility index (Phi) is 6.01. The van der Waals surface area contributed by atoms with E-state index in [1.807, 2.05) is 4.90 Å². The largest absolute Gasteiger partial charge is 0.481 e. The summed E-state index contributed by atoms with van der Waals surface area (Å²) in [7, 11) is 0. The molecule has 0 unspecified atom stereocenters. The predicted molar refractivity (Wildman–Crippen MR) is 102 cm³/mol. The minimum absolute atomic E-state index is 0. The Morgan fingerprint density at radius 3 is 1.96 bits per heavy atom. The maximum absolute atomic E-state index is 12.4. The van der Waals surface area contributed by atoms with E-state index in [-0.39, 0.29) is 42.3 Å². The number of carboxylic acids is 1. The fraction of sp³-hybridized carbons (Fsp3) is 0.842. The number of rotatable bonds is 4. The Balaban J connectivity index is 0.00000210. The van der Waals surface area contributed by atoms with E-state index in [1.54, 1.807) is 0 Å². The second kappa shape index (κ2) is 7.95. The molecule has 4 saturated carbocycles. The molecule has 152 valence electrons. The topological polar surface area (TPSA) is 98.7 Å². The average molecular weight is 400 g/mol. The van der Waals surface area contributed by atoms with Gasteiger partial charge in [0, 0.05) is 5.54 Å². The average Bonchev–Trinajstić information content (AvgIpc) is 2.53. The van der Waals surface area contributed by atoms with Crippen molar-refractivity contribution in [1.29, 1.82) is 0 Å². The van der Waals surface area contributed by atoms with Crippen LogP contribution in [0, 0.1) is 23.7 Å². The van der Waals surface area contributed by atoms with E-state index >= 15 is 0 Å². The van der Waals surface area contributed by atoms with Gasteiger partial charge in [0.25, 0.3) is 0 Å². The lowest BCUT2D eigenvalue weighted by Gasteiger charge is -2.56. The fourth-order valence-electron chi connectivity index (χ4n) is 6.24. The Labute approximate surface area is 166 Å². The van der Waals surface area contributed by atoms with Gasteiger partial charge in [0.2, 0.25) is 5.91 Å². The molecule has 3 amide bonds. The van der Waals surface area contributed by atoms with Gasteiger partial charge in [-0.1, -0.05) is 0 Å². The van der Waals surface area contributed by atoms with E-state index in [9.17, 15) is 14.4 Å². The zero-order valence-electron chi connectivity index (χ0n) is 15.6. The van der Waals surface area contributed by atoms with Crippen molar-refractivity contribution >= 4 is 30.3 Å². The highest BCUT2D eigenvalue weighted by molar-refractivity contribution is 5.95. The molecule has 0 aromatic rings. The van der Waals surface area contributed by atoms with Crippen LogP contribution in [0.5, 0.6) is 0 Å². The number of amides is 3. The first-order chi connectivity index (χ1) is 12.4. The quantitative estimate of drug-likeness (QED) is 0.671. The van der Waals surface area contributed by atoms with Crippen LogP contribution in [0.1, 0.15) is 51.4 Å². The van der Waals surface area contributed by atoms with Crippen LogP contribution in [-0.2, 0) is 9.59 Å². The second-order valence-corrected chi connectivity index (χ2v) is 9.09. The predicted octanol–water partition coefficient (Wildman–Crippen LogP) is 2.00. The van der Waals surface area contributed by atoms with Gasteiger partial charge in [0.05, 0.1) is 12.5 Å². The summed E-state index contributed by atoms with van der Waals surface area (Å²) in [4.78, 5) is 37.5. The van der Waals surface area contributed by atoms with Gasteiger partial charge in [-0.2, -0.15) is 0 Å². The molecule has 5 fully saturated rings. The van der Waals surface area contributed by atoms with Crippen molar-refractivity contribution in [2.24, 2.45) is 23.7 Å². The molecule has 1 aliphatic heterocycles. The summed E-state index contributed by atoms with van der Waals surface area (Å²) in [6, 6.07) is -0.364. The first-order valence-electron chi connectivity index (χ1n) is 9.98. The van der Waals surface area contributed by atoms with Gasteiger partial charge in [-0.15, -0.1) is 12.4 Å². The third-order valence-electron chi connectivity index (χ3n) is 6.97. The summed E-state index contributed by atoms with van der Waals surface area (Å²) in [5, 5.41) is 14.7. The number of carboxylic acid groups (broad SMARTS) is 1. The Hall–Kier alpha value is -1.34. The van der Waals surface area contributed by atoms with Crippen LogP contribution < -0.4 is 10.6 Å². The summed E-state index contributed by atoms with van der Waals surface area (Å²) < 4.78 is 0. The third kappa shape index (κ3) is 4.57. The van der Waals surface area contributed by atoms with E-state index < -0.39 is 5.97 Å². The lowest BCUT2D eigenvalue weighted by molar-refractivity contribution is -0.143. The first-order valence-corrected chi connectivity index (χ1v) is 9.98. The van der Waals surface area contributed by atoms with Crippen LogP contribution in [0.4, 0.5) is 4.79 Å². The van der Waals surface area contributed by atoms with E-state index in [4.69, 9.17) is 5.11 Å². The van der Waals surface area contributed by atoms with Crippen molar-refractivity contribution in [3.8, 4) is 0 Å². The molecule has 0 radical (unpaired) electrons. The van der Waals surface area contributed by atoms with Crippen molar-refractivity contribution in [1.82, 2.24) is 15.5 Å². The molecule has 0 spiro atoms. The zero-order chi connectivity index (χ0) is 18.3. The van der Waals surface area contributed by atoms with Gasteiger partial charge >= 0.3 is 12.0 Å². The highest BCUT2D eigenvalue weighted by atomic mass is 35.5. The summed E-state index contributed by atoms with van der Waals surface area (Å²) >= 11 is 0. The molecule has 5 rings (SSSR count). The fourth-order valence-corrected chi connectivity index (χ4v) is 6.24. The molecule has 7 nitrogen and oxygen atoms in total. The summed E-state index contributed by atoms with van der Waals surface area (Å²) in [6.07, 6.45) is 8.23. The van der Waals surface area contributed by atoms with Crippen LogP contribution in [-0.4, -0.2) is 53.1 Å². The maximum atomic E-state index is 12.4. The maximum Gasteiger partial charge on any atom is 0.321 e. The zero-order valence-corrected chi connectivity index (χ0v) is 16.4. The number of nitrogens with one attached hydrogen (secondary N) is 2. The Morgan fingerprint density at radius 2 is 1.48 bits per heavy atom. The number of hydrogen-bond acceptors (Lipinski definition) is 4. The molecule has 3 N–H and O–H groups in total. The Morgan fingerprint density at radius 1 is 0.963 bits per heavy atom. The molecule has 4 bridgehead atoms. The molecule has 1 heterocycles. The smallest absolute Gasteiger partial charge is 0.321 e. The number of carbonyl (C=O) groups is 3. The van der Waals surface area contributed by atoms with Crippen molar-refractivity contribution in [3.63, 3.8) is 0 Å². The first kappa shape index (κ1) is 20.4. The molecule has 0 aromatic carbocycles. The molecule has 8 heteroatoms. The molecule has 4 aliphatic carbocycles. The number of nitrogens with zero attached hydrogens (tertiary/aromatic N) is 1. The summed E-state index contributed by atoms with van der Waals surface area (Å²) in [5.74, 6) is 0.854. The van der Waals surface area contributed by atoms with E-state index in [0.29, 0.717) is 25.9 Å². The van der Waals surface area contributed by atoms with E-state index in [1.165, 1.54) is 19.3 Å². The highest BCUT2D eigenvalue weighted by Gasteiger charge is 2.51. The summed E-state index contributed by atoms with van der Waals surface area (Å²) in [6.45, 7) is 1.32. The monoisotopic (exact) mass is 399 g/mol. The van der Waals surface area contributed by atoms with Crippen LogP contribution in [0.15, 0.2) is 0 Å². The molecular formula is C19H30ClN3O4. The molecule has 27 heavy (non-hydrogen) atoms. The van der Waals surface area contributed by atoms with Gasteiger partial charge in [0.15, 0.2) is 0 Å². The number of aliphatic carboxylic acids is 1. The SMILES string of the molecule is Cl.O=C(CN1CCC(C(=O)O)CC1)NC(=O)NC12CC3CC(CC(C3)C1)C2. The van der Waals surface area contributed by atoms with Crippen LogP contribution in [0.2, 0.25) is 0 Å². The minimum Gasteiger partial charge on any atom is -0.481 e. The molecule has 5 aliphatic rings. The molecule has 1 saturated heterocycles. The lowest BCUT2D eigenvalue weighted by Crippen LogP contribution is -2.62. The van der Waals surface area contributed by atoms with Crippen LogP contribution >= 0.6 is 12.4 Å². The van der Waals surface area contributed by atoms with Gasteiger partial charge in [0.1, 0.15) is 0 Å². The van der Waals surface area contributed by atoms with E-state index in [0.717, 1.165) is 37.0 Å². The third-order valence-corrected chi connectivity index (χ3v) is 6.97. The van der Waals surface area contributed by atoms with Crippen molar-refractivity contribution in [2.75, 3.05) is 19.6 Å². The number of halogens is 1. The van der Waals surface area contributed by atoms with Gasteiger partial charge in [-0.3, -0.25) is 19.8 Å². The number of imide groups is 1. The number of hydrogen-bond donors (Lipinski definition) is 3. The van der Waals surface area contributed by atoms with Gasteiger partial charge in [-0.25, -0.2) is 4.79 Å². The van der Waals surface area contributed by atoms with Gasteiger partial charge < -0.3 is 10.4 Å². The van der Waals surface area contributed by atoms with Crippen molar-refractivity contribution in [2.45, 2.75) is 56.9 Å².